The Bertz CT molecular complexity index is 1600. The molecule has 8 heteroatoms. The van der Waals surface area contributed by atoms with Gasteiger partial charge in [0.25, 0.3) is 0 Å². The van der Waals surface area contributed by atoms with E-state index < -0.39 is 22.1 Å². The molecule has 0 radical (unpaired) electrons. The molecule has 0 saturated heterocycles. The van der Waals surface area contributed by atoms with Crippen LogP contribution in [-0.2, 0) is 27.7 Å². The molecule has 4 aromatic rings. The van der Waals surface area contributed by atoms with Gasteiger partial charge in [-0.15, -0.1) is 0 Å². The lowest BCUT2D eigenvalue weighted by atomic mass is 9.93. The topological polar surface area (TPSA) is 107 Å². The fraction of sp³-hybridized carbons (Fsp3) is 0.303. The van der Waals surface area contributed by atoms with Gasteiger partial charge in [-0.25, -0.2) is 8.42 Å². The number of rotatable bonds is 13. The molecule has 41 heavy (non-hydrogen) atoms. The van der Waals surface area contributed by atoms with Crippen LogP contribution in [0.25, 0.3) is 21.9 Å². The lowest BCUT2D eigenvalue weighted by Crippen LogP contribution is -2.47. The van der Waals surface area contributed by atoms with E-state index in [2.05, 4.69) is 49.5 Å². The molecule has 0 heterocycles. The summed E-state index contributed by atoms with van der Waals surface area (Å²) in [5, 5.41) is 25.4. The molecule has 0 aromatic heterocycles. The Morgan fingerprint density at radius 2 is 1.56 bits per heavy atom. The van der Waals surface area contributed by atoms with Crippen LogP contribution in [0.15, 0.2) is 95.9 Å². The largest absolute Gasteiger partial charge is 0.481 e. The summed E-state index contributed by atoms with van der Waals surface area (Å²) >= 11 is 0. The number of β-amino-alcohol motifs (C(OH)–C–C–N with tert-alkyl or cyclic N) is 1. The summed E-state index contributed by atoms with van der Waals surface area (Å²) in [7, 11) is -2.36. The fourth-order valence-electron chi connectivity index (χ4n) is 4.91. The van der Waals surface area contributed by atoms with Crippen molar-refractivity contribution in [2.45, 2.75) is 49.6 Å². The number of nitrogens with zero attached hydrogens (tertiary/aromatic N) is 1. The molecule has 0 amide bonds. The number of carboxylic acid groups (broad SMARTS) is 1. The number of aliphatic carboxylic acids is 1. The highest BCUT2D eigenvalue weighted by atomic mass is 32.2. The third kappa shape index (κ3) is 8.24. The van der Waals surface area contributed by atoms with Gasteiger partial charge in [0.05, 0.1) is 11.0 Å². The molecule has 1 atom stereocenters. The van der Waals surface area contributed by atoms with E-state index in [1.54, 1.807) is 18.2 Å². The number of nitrogens with one attached hydrogen (secondary N) is 1. The average molecular weight is 575 g/mol. The van der Waals surface area contributed by atoms with E-state index in [9.17, 15) is 18.3 Å². The van der Waals surface area contributed by atoms with Gasteiger partial charge in [-0.3, -0.25) is 4.79 Å². The Morgan fingerprint density at radius 1 is 0.878 bits per heavy atom. The van der Waals surface area contributed by atoms with Crippen molar-refractivity contribution in [3.8, 4) is 11.1 Å². The molecule has 7 nitrogen and oxygen atoms in total. The first-order valence-electron chi connectivity index (χ1n) is 13.7. The Kier molecular flexibility index (Phi) is 9.60. The number of hydrogen-bond donors (Lipinski definition) is 3. The van der Waals surface area contributed by atoms with E-state index in [0.717, 1.165) is 23.1 Å². The van der Waals surface area contributed by atoms with Crippen LogP contribution in [-0.4, -0.2) is 60.7 Å². The van der Waals surface area contributed by atoms with Gasteiger partial charge in [0.2, 0.25) is 10.0 Å². The SMILES string of the molecule is CN(C[C@H](O)CNC(C)(C)Cc1ccc2ccccc2c1)S(=O)(=O)c1cccc(-c2ccc(CCC(=O)O)cc2)c1. The highest BCUT2D eigenvalue weighted by Crippen LogP contribution is 2.25. The van der Waals surface area contributed by atoms with Crippen molar-refractivity contribution < 1.29 is 23.4 Å². The van der Waals surface area contributed by atoms with Crippen molar-refractivity contribution in [3.05, 3.63) is 102 Å². The standard InChI is InChI=1S/C33H38N2O5S/c1-33(2,21-25-13-17-26-7-4-5-8-28(26)19-25)34-22-30(36)23-35(3)41(39,40)31-10-6-9-29(20-31)27-15-11-24(12-16-27)14-18-32(37)38/h4-13,15-17,19-20,30,34,36H,14,18,21-23H2,1-3H3,(H,37,38)/t30-/m1/s1. The van der Waals surface area contributed by atoms with E-state index >= 15 is 0 Å². The van der Waals surface area contributed by atoms with Crippen LogP contribution >= 0.6 is 0 Å². The Labute approximate surface area is 242 Å². The minimum absolute atomic E-state index is 0.0517. The number of aliphatic hydroxyl groups excluding tert-OH is 1. The number of sulfonamides is 1. The summed E-state index contributed by atoms with van der Waals surface area (Å²) in [6.07, 6.45) is 0.355. The van der Waals surface area contributed by atoms with Gasteiger partial charge in [-0.2, -0.15) is 4.31 Å². The number of fused-ring (bicyclic) bond motifs is 1. The summed E-state index contributed by atoms with van der Waals surface area (Å²) in [5.41, 5.74) is 3.36. The van der Waals surface area contributed by atoms with Crippen molar-refractivity contribution in [2.24, 2.45) is 0 Å². The summed E-state index contributed by atoms with van der Waals surface area (Å²) in [5.74, 6) is -0.846. The number of carbonyl (C=O) groups is 1. The lowest BCUT2D eigenvalue weighted by molar-refractivity contribution is -0.136. The van der Waals surface area contributed by atoms with E-state index in [-0.39, 0.29) is 29.9 Å². The molecule has 0 unspecified atom stereocenters. The van der Waals surface area contributed by atoms with Gasteiger partial charge in [0.1, 0.15) is 0 Å². The maximum Gasteiger partial charge on any atom is 0.303 e. The molecule has 0 bridgehead atoms. The molecule has 3 N–H and O–H groups in total. The monoisotopic (exact) mass is 574 g/mol. The third-order valence-electron chi connectivity index (χ3n) is 7.20. The quantitative estimate of drug-likeness (QED) is 0.205. The minimum atomic E-state index is -3.83. The molecular formula is C33H38N2O5S. The zero-order valence-corrected chi connectivity index (χ0v) is 24.6. The highest BCUT2D eigenvalue weighted by molar-refractivity contribution is 7.89. The van der Waals surface area contributed by atoms with Gasteiger partial charge in [-0.1, -0.05) is 78.9 Å². The van der Waals surface area contributed by atoms with Crippen molar-refractivity contribution in [3.63, 3.8) is 0 Å². The smallest absolute Gasteiger partial charge is 0.303 e. The Balaban J connectivity index is 1.35. The van der Waals surface area contributed by atoms with Crippen LogP contribution in [0.2, 0.25) is 0 Å². The zero-order chi connectivity index (χ0) is 29.6. The van der Waals surface area contributed by atoms with Gasteiger partial charge in [0.15, 0.2) is 0 Å². The van der Waals surface area contributed by atoms with Crippen LogP contribution in [0.3, 0.4) is 0 Å². The predicted molar refractivity (Wildman–Crippen MR) is 163 cm³/mol. The minimum Gasteiger partial charge on any atom is -0.481 e. The molecule has 0 aliphatic heterocycles. The predicted octanol–water partition coefficient (Wildman–Crippen LogP) is 5.12. The maximum absolute atomic E-state index is 13.3. The zero-order valence-electron chi connectivity index (χ0n) is 23.7. The first-order chi connectivity index (χ1) is 19.4. The van der Waals surface area contributed by atoms with Gasteiger partial charge in [0, 0.05) is 32.1 Å². The molecule has 0 spiro atoms. The number of hydrogen-bond acceptors (Lipinski definition) is 5. The summed E-state index contributed by atoms with van der Waals surface area (Å²) in [6.45, 7) is 4.33. The van der Waals surface area contributed by atoms with E-state index in [1.165, 1.54) is 27.7 Å². The van der Waals surface area contributed by atoms with Gasteiger partial charge >= 0.3 is 5.97 Å². The molecule has 0 fully saturated rings. The second kappa shape index (κ2) is 13.0. The second-order valence-corrected chi connectivity index (χ2v) is 13.2. The summed E-state index contributed by atoms with van der Waals surface area (Å²) < 4.78 is 27.9. The molecule has 0 aliphatic rings. The molecule has 216 valence electrons. The fourth-order valence-corrected chi connectivity index (χ4v) is 6.16. The van der Waals surface area contributed by atoms with Crippen molar-refractivity contribution in [1.29, 1.82) is 0 Å². The summed E-state index contributed by atoms with van der Waals surface area (Å²) in [6, 6.07) is 28.8. The van der Waals surface area contributed by atoms with Crippen LogP contribution < -0.4 is 5.32 Å². The molecule has 4 rings (SSSR count). The number of aryl methyl sites for hydroxylation is 1. The van der Waals surface area contributed by atoms with Crippen LogP contribution in [0.4, 0.5) is 0 Å². The van der Waals surface area contributed by atoms with Crippen molar-refractivity contribution in [1.82, 2.24) is 9.62 Å². The summed E-state index contributed by atoms with van der Waals surface area (Å²) in [4.78, 5) is 11.0. The molecule has 0 saturated carbocycles. The molecule has 4 aromatic carbocycles. The third-order valence-corrected chi connectivity index (χ3v) is 9.02. The number of likely N-dealkylation sites (N-methyl/N-ethyl adjacent to an activating group) is 1. The number of carboxylic acids is 1. The van der Waals surface area contributed by atoms with Crippen molar-refractivity contribution >= 4 is 26.8 Å². The average Bonchev–Trinajstić information content (AvgIpc) is 2.95. The molecule has 0 aliphatic carbocycles. The Hall–Kier alpha value is -3.56. The normalized spacial score (nSPS) is 13.0. The maximum atomic E-state index is 13.3. The second-order valence-electron chi connectivity index (χ2n) is 11.2. The molecular weight excluding hydrogens is 536 g/mol. The van der Waals surface area contributed by atoms with Gasteiger partial charge < -0.3 is 15.5 Å². The van der Waals surface area contributed by atoms with Crippen LogP contribution in [0, 0.1) is 0 Å². The van der Waals surface area contributed by atoms with E-state index in [0.29, 0.717) is 6.42 Å². The van der Waals surface area contributed by atoms with E-state index in [4.69, 9.17) is 5.11 Å². The Morgan fingerprint density at radius 3 is 2.27 bits per heavy atom. The van der Waals surface area contributed by atoms with E-state index in [1.807, 2.05) is 42.5 Å². The van der Waals surface area contributed by atoms with Crippen molar-refractivity contribution in [2.75, 3.05) is 20.1 Å². The highest BCUT2D eigenvalue weighted by Gasteiger charge is 2.25. The number of aliphatic hydroxyl groups is 1. The number of benzene rings is 4. The van der Waals surface area contributed by atoms with Gasteiger partial charge in [-0.05, 0) is 71.8 Å². The lowest BCUT2D eigenvalue weighted by Gasteiger charge is -2.29. The first kappa shape index (κ1) is 30.4. The van der Waals surface area contributed by atoms with Crippen LogP contribution in [0.5, 0.6) is 0 Å². The van der Waals surface area contributed by atoms with Crippen LogP contribution in [0.1, 0.15) is 31.4 Å². The first-order valence-corrected chi connectivity index (χ1v) is 15.2.